The molecule has 1 aliphatic heterocycles. The fourth-order valence-electron chi connectivity index (χ4n) is 2.72. The number of aromatic nitrogens is 1. The van der Waals surface area contributed by atoms with Crippen molar-refractivity contribution in [2.45, 2.75) is 19.8 Å². The molecule has 0 spiro atoms. The lowest BCUT2D eigenvalue weighted by Crippen LogP contribution is -2.19. The van der Waals surface area contributed by atoms with Gasteiger partial charge < -0.3 is 9.64 Å². The van der Waals surface area contributed by atoms with Gasteiger partial charge in [0.1, 0.15) is 5.82 Å². The maximum absolute atomic E-state index is 14.4. The van der Waals surface area contributed by atoms with Gasteiger partial charge >= 0.3 is 5.97 Å². The van der Waals surface area contributed by atoms with Gasteiger partial charge in [0, 0.05) is 24.7 Å². The number of ether oxygens (including phenoxy) is 1. The Labute approximate surface area is 132 Å². The van der Waals surface area contributed by atoms with Crippen LogP contribution in [0, 0.1) is 5.82 Å². The number of fused-ring (bicyclic) bond motifs is 1. The second kappa shape index (κ2) is 6.08. The number of pyridine rings is 1. The molecule has 4 nitrogen and oxygen atoms in total. The fraction of sp³-hybridized carbons (Fsp3) is 0.375. The molecule has 0 amide bonds. The summed E-state index contributed by atoms with van der Waals surface area (Å²) in [6.07, 6.45) is 3.51. The van der Waals surface area contributed by atoms with Crippen molar-refractivity contribution < 1.29 is 13.9 Å². The molecular formula is C16H16ClFN2O2. The molecule has 2 heterocycles. The first-order valence-corrected chi connectivity index (χ1v) is 7.69. The minimum absolute atomic E-state index is 0.157. The molecule has 116 valence electrons. The van der Waals surface area contributed by atoms with Crippen LogP contribution in [0.2, 0.25) is 5.02 Å². The summed E-state index contributed by atoms with van der Waals surface area (Å²) >= 11 is 6.24. The van der Waals surface area contributed by atoms with Gasteiger partial charge in [-0.1, -0.05) is 11.6 Å². The predicted octanol–water partition coefficient (Wildman–Crippen LogP) is 3.80. The van der Waals surface area contributed by atoms with Crippen LogP contribution < -0.4 is 4.90 Å². The molecule has 2 aromatic rings. The Balaban J connectivity index is 2.08. The van der Waals surface area contributed by atoms with Gasteiger partial charge in [-0.2, -0.15) is 0 Å². The minimum Gasteiger partial charge on any atom is -0.462 e. The van der Waals surface area contributed by atoms with Crippen molar-refractivity contribution in [2.75, 3.05) is 24.6 Å². The van der Waals surface area contributed by atoms with Crippen molar-refractivity contribution in [1.29, 1.82) is 0 Å². The number of rotatable bonds is 3. The third-order valence-corrected chi connectivity index (χ3v) is 4.22. The van der Waals surface area contributed by atoms with E-state index in [1.807, 2.05) is 4.90 Å². The Hall–Kier alpha value is -1.88. The second-order valence-electron chi connectivity index (χ2n) is 5.22. The maximum Gasteiger partial charge on any atom is 0.341 e. The Kier molecular flexibility index (Phi) is 4.16. The molecule has 0 atom stereocenters. The SMILES string of the molecule is CCOC(=O)c1cnc2cc(N3CCCC3)c(F)cc2c1Cl. The van der Waals surface area contributed by atoms with Crippen LogP contribution in [0.5, 0.6) is 0 Å². The summed E-state index contributed by atoms with van der Waals surface area (Å²) in [4.78, 5) is 18.1. The largest absolute Gasteiger partial charge is 0.462 e. The van der Waals surface area contributed by atoms with E-state index in [1.54, 1.807) is 13.0 Å². The van der Waals surface area contributed by atoms with Crippen molar-refractivity contribution in [1.82, 2.24) is 4.98 Å². The molecule has 6 heteroatoms. The number of esters is 1. The number of nitrogens with zero attached hydrogens (tertiary/aromatic N) is 2. The Morgan fingerprint density at radius 1 is 1.41 bits per heavy atom. The Bertz CT molecular complexity index is 730. The van der Waals surface area contributed by atoms with Crippen LogP contribution in [-0.2, 0) is 4.74 Å². The number of hydrogen-bond acceptors (Lipinski definition) is 4. The van der Waals surface area contributed by atoms with E-state index in [2.05, 4.69) is 4.98 Å². The first-order chi connectivity index (χ1) is 10.6. The summed E-state index contributed by atoms with van der Waals surface area (Å²) in [6.45, 7) is 3.64. The van der Waals surface area contributed by atoms with E-state index >= 15 is 0 Å². The average molecular weight is 323 g/mol. The van der Waals surface area contributed by atoms with E-state index in [4.69, 9.17) is 16.3 Å². The van der Waals surface area contributed by atoms with Gasteiger partial charge in [-0.25, -0.2) is 9.18 Å². The number of carbonyl (C=O) groups excluding carboxylic acids is 1. The Morgan fingerprint density at radius 3 is 2.82 bits per heavy atom. The minimum atomic E-state index is -0.550. The van der Waals surface area contributed by atoms with Crippen molar-refractivity contribution in [3.63, 3.8) is 0 Å². The molecule has 0 saturated carbocycles. The van der Waals surface area contributed by atoms with Crippen LogP contribution >= 0.6 is 11.6 Å². The van der Waals surface area contributed by atoms with E-state index in [0.717, 1.165) is 25.9 Å². The number of hydrogen-bond donors (Lipinski definition) is 0. The van der Waals surface area contributed by atoms with Crippen molar-refractivity contribution in [2.24, 2.45) is 0 Å². The summed E-state index contributed by atoms with van der Waals surface area (Å²) in [5, 5.41) is 0.600. The monoisotopic (exact) mass is 322 g/mol. The highest BCUT2D eigenvalue weighted by Gasteiger charge is 2.20. The normalized spacial score (nSPS) is 14.6. The quantitative estimate of drug-likeness (QED) is 0.806. The average Bonchev–Trinajstić information content (AvgIpc) is 3.02. The van der Waals surface area contributed by atoms with Crippen LogP contribution in [-0.4, -0.2) is 30.6 Å². The number of benzene rings is 1. The zero-order valence-corrected chi connectivity index (χ0v) is 13.0. The summed E-state index contributed by atoms with van der Waals surface area (Å²) in [5.74, 6) is -0.898. The van der Waals surface area contributed by atoms with Gasteiger partial charge in [-0.15, -0.1) is 0 Å². The molecule has 1 aliphatic rings. The lowest BCUT2D eigenvalue weighted by Gasteiger charge is -2.19. The van der Waals surface area contributed by atoms with Crippen LogP contribution in [0.1, 0.15) is 30.1 Å². The maximum atomic E-state index is 14.4. The highest BCUT2D eigenvalue weighted by molar-refractivity contribution is 6.38. The first kappa shape index (κ1) is 15.0. The van der Waals surface area contributed by atoms with Gasteiger partial charge in [0.15, 0.2) is 0 Å². The number of carbonyl (C=O) groups is 1. The van der Waals surface area contributed by atoms with Gasteiger partial charge in [0.05, 0.1) is 28.4 Å². The van der Waals surface area contributed by atoms with Crippen LogP contribution in [0.4, 0.5) is 10.1 Å². The molecule has 0 radical (unpaired) electrons. The molecule has 0 aliphatic carbocycles. The summed E-state index contributed by atoms with van der Waals surface area (Å²) < 4.78 is 19.3. The van der Waals surface area contributed by atoms with Crippen LogP contribution in [0.15, 0.2) is 18.3 Å². The first-order valence-electron chi connectivity index (χ1n) is 7.31. The topological polar surface area (TPSA) is 42.4 Å². The number of anilines is 1. The van der Waals surface area contributed by atoms with Crippen LogP contribution in [0.25, 0.3) is 10.9 Å². The van der Waals surface area contributed by atoms with Crippen molar-refractivity contribution >= 4 is 34.2 Å². The molecule has 0 bridgehead atoms. The van der Waals surface area contributed by atoms with E-state index in [-0.39, 0.29) is 23.0 Å². The summed E-state index contributed by atoms with van der Waals surface area (Å²) in [7, 11) is 0. The van der Waals surface area contributed by atoms with Gasteiger partial charge in [-0.05, 0) is 31.9 Å². The zero-order chi connectivity index (χ0) is 15.7. The third-order valence-electron chi connectivity index (χ3n) is 3.81. The van der Waals surface area contributed by atoms with Crippen molar-refractivity contribution in [3.05, 3.63) is 34.7 Å². The number of halogens is 2. The molecule has 1 aromatic carbocycles. The van der Waals surface area contributed by atoms with Crippen LogP contribution in [0.3, 0.4) is 0 Å². The predicted molar refractivity (Wildman–Crippen MR) is 84.1 cm³/mol. The molecule has 1 aromatic heterocycles. The Morgan fingerprint density at radius 2 is 2.14 bits per heavy atom. The smallest absolute Gasteiger partial charge is 0.341 e. The molecule has 3 rings (SSSR count). The van der Waals surface area contributed by atoms with E-state index < -0.39 is 5.97 Å². The lowest BCUT2D eigenvalue weighted by atomic mass is 10.1. The molecule has 1 fully saturated rings. The standard InChI is InChI=1S/C16H16ClFN2O2/c1-2-22-16(21)11-9-19-13-8-14(20-5-3-4-6-20)12(18)7-10(13)15(11)17/h7-9H,2-6H2,1H3. The fourth-order valence-corrected chi connectivity index (χ4v) is 3.00. The van der Waals surface area contributed by atoms with Crippen molar-refractivity contribution in [3.8, 4) is 0 Å². The summed E-state index contributed by atoms with van der Waals surface area (Å²) in [6, 6.07) is 3.04. The highest BCUT2D eigenvalue weighted by Crippen LogP contribution is 2.32. The van der Waals surface area contributed by atoms with Gasteiger partial charge in [0.2, 0.25) is 0 Å². The third kappa shape index (κ3) is 2.61. The molecular weight excluding hydrogens is 307 g/mol. The second-order valence-corrected chi connectivity index (χ2v) is 5.60. The molecule has 0 N–H and O–H groups in total. The van der Waals surface area contributed by atoms with E-state index in [1.165, 1.54) is 12.3 Å². The van der Waals surface area contributed by atoms with Gasteiger partial charge in [-0.3, -0.25) is 4.98 Å². The highest BCUT2D eigenvalue weighted by atomic mass is 35.5. The van der Waals surface area contributed by atoms with Gasteiger partial charge in [0.25, 0.3) is 0 Å². The zero-order valence-electron chi connectivity index (χ0n) is 12.2. The molecule has 22 heavy (non-hydrogen) atoms. The van der Waals surface area contributed by atoms with E-state index in [0.29, 0.717) is 16.6 Å². The van der Waals surface area contributed by atoms with E-state index in [9.17, 15) is 9.18 Å². The molecule has 1 saturated heterocycles. The lowest BCUT2D eigenvalue weighted by molar-refractivity contribution is 0.0526. The summed E-state index contributed by atoms with van der Waals surface area (Å²) in [5.41, 5.74) is 1.27. The molecule has 0 unspecified atom stereocenters.